The maximum Gasteiger partial charge on any atom is 0.0644 e. The number of rotatable bonds is 4. The molecule has 1 fully saturated rings. The van der Waals surface area contributed by atoms with Crippen LogP contribution in [0.15, 0.2) is 6.20 Å². The van der Waals surface area contributed by atoms with E-state index in [0.29, 0.717) is 18.6 Å². The Labute approximate surface area is 115 Å². The summed E-state index contributed by atoms with van der Waals surface area (Å²) < 4.78 is 1.99. The van der Waals surface area contributed by atoms with Crippen LogP contribution >= 0.6 is 0 Å². The summed E-state index contributed by atoms with van der Waals surface area (Å²) in [7, 11) is 0. The molecule has 3 unspecified atom stereocenters. The molecule has 3 rings (SSSR count). The van der Waals surface area contributed by atoms with Crippen molar-refractivity contribution in [3.63, 3.8) is 0 Å². The molecule has 1 aromatic heterocycles. The lowest BCUT2D eigenvalue weighted by molar-refractivity contribution is 0.266. The quantitative estimate of drug-likeness (QED) is 0.874. The van der Waals surface area contributed by atoms with E-state index in [1.165, 1.54) is 43.4 Å². The van der Waals surface area contributed by atoms with Crippen LogP contribution in [0, 0.1) is 5.92 Å². The van der Waals surface area contributed by atoms with Gasteiger partial charge in [-0.05, 0) is 44.4 Å². The lowest BCUT2D eigenvalue weighted by Gasteiger charge is -2.27. The molecule has 0 bridgehead atoms. The smallest absolute Gasteiger partial charge is 0.0644 e. The number of nitrogens with zero attached hydrogens (tertiary/aromatic N) is 2. The van der Waals surface area contributed by atoms with Crippen molar-refractivity contribution in [2.45, 2.75) is 64.1 Å². The third-order valence-electron chi connectivity index (χ3n) is 4.71. The van der Waals surface area contributed by atoms with Crippen LogP contribution in [0.3, 0.4) is 0 Å². The first-order valence-corrected chi connectivity index (χ1v) is 7.69. The van der Waals surface area contributed by atoms with Crippen molar-refractivity contribution >= 4 is 0 Å². The minimum atomic E-state index is 0.173. The molecule has 3 atom stereocenters. The van der Waals surface area contributed by atoms with Crippen LogP contribution < -0.4 is 5.32 Å². The van der Waals surface area contributed by atoms with Crippen LogP contribution in [0.2, 0.25) is 0 Å². The van der Waals surface area contributed by atoms with Gasteiger partial charge in [0.2, 0.25) is 0 Å². The Kier molecular flexibility index (Phi) is 3.89. The van der Waals surface area contributed by atoms with Gasteiger partial charge in [-0.1, -0.05) is 6.92 Å². The van der Waals surface area contributed by atoms with E-state index in [4.69, 9.17) is 5.11 Å². The molecule has 0 radical (unpaired) electrons. The average molecular weight is 263 g/mol. The van der Waals surface area contributed by atoms with Crippen molar-refractivity contribution in [1.82, 2.24) is 15.1 Å². The summed E-state index contributed by atoms with van der Waals surface area (Å²) in [5.41, 5.74) is 2.71. The van der Waals surface area contributed by atoms with Gasteiger partial charge >= 0.3 is 0 Å². The fourth-order valence-electron chi connectivity index (χ4n) is 3.72. The van der Waals surface area contributed by atoms with Gasteiger partial charge < -0.3 is 10.4 Å². The van der Waals surface area contributed by atoms with Gasteiger partial charge in [0.15, 0.2) is 0 Å². The molecule has 0 amide bonds. The summed E-state index contributed by atoms with van der Waals surface area (Å²) in [5.74, 6) is 0.873. The van der Waals surface area contributed by atoms with Crippen LogP contribution in [-0.4, -0.2) is 27.5 Å². The maximum atomic E-state index is 9.09. The molecule has 2 N–H and O–H groups in total. The summed E-state index contributed by atoms with van der Waals surface area (Å²) >= 11 is 0. The Morgan fingerprint density at radius 1 is 1.42 bits per heavy atom. The van der Waals surface area contributed by atoms with Crippen molar-refractivity contribution in [2.24, 2.45) is 5.92 Å². The SMILES string of the molecule is CC1CCC(NC2CCCc3c2cnn3CCO)C1. The third-order valence-corrected chi connectivity index (χ3v) is 4.71. The molecule has 0 saturated heterocycles. The summed E-state index contributed by atoms with van der Waals surface area (Å²) in [4.78, 5) is 0. The fourth-order valence-corrected chi connectivity index (χ4v) is 3.72. The number of nitrogens with one attached hydrogen (secondary N) is 1. The van der Waals surface area contributed by atoms with Gasteiger partial charge in [0.25, 0.3) is 0 Å². The highest BCUT2D eigenvalue weighted by atomic mass is 16.3. The van der Waals surface area contributed by atoms with E-state index >= 15 is 0 Å². The van der Waals surface area contributed by atoms with E-state index in [0.717, 1.165) is 12.3 Å². The van der Waals surface area contributed by atoms with Crippen molar-refractivity contribution in [3.05, 3.63) is 17.5 Å². The highest BCUT2D eigenvalue weighted by molar-refractivity contribution is 5.25. The zero-order valence-electron chi connectivity index (χ0n) is 11.8. The van der Waals surface area contributed by atoms with E-state index in [-0.39, 0.29) is 6.61 Å². The van der Waals surface area contributed by atoms with Crippen LogP contribution in [0.5, 0.6) is 0 Å². The number of hydrogen-bond acceptors (Lipinski definition) is 3. The molecule has 1 saturated carbocycles. The van der Waals surface area contributed by atoms with Crippen molar-refractivity contribution in [2.75, 3.05) is 6.61 Å². The van der Waals surface area contributed by atoms with E-state index in [1.807, 2.05) is 10.9 Å². The first kappa shape index (κ1) is 13.1. The number of aliphatic hydroxyl groups is 1. The van der Waals surface area contributed by atoms with Gasteiger partial charge in [-0.2, -0.15) is 5.10 Å². The van der Waals surface area contributed by atoms with Crippen molar-refractivity contribution in [1.29, 1.82) is 0 Å². The lowest BCUT2D eigenvalue weighted by Crippen LogP contribution is -2.33. The standard InChI is InChI=1S/C15H25N3O/c1-11-5-6-12(9-11)17-14-3-2-4-15-13(14)10-16-18(15)7-8-19/h10-12,14,17,19H,2-9H2,1H3. The van der Waals surface area contributed by atoms with Crippen molar-refractivity contribution in [3.8, 4) is 0 Å². The Morgan fingerprint density at radius 2 is 2.32 bits per heavy atom. The summed E-state index contributed by atoms with van der Waals surface area (Å²) in [6, 6.07) is 1.17. The number of aliphatic hydroxyl groups excluding tert-OH is 1. The van der Waals surface area contributed by atoms with Gasteiger partial charge in [0, 0.05) is 23.3 Å². The molecule has 4 heteroatoms. The maximum absolute atomic E-state index is 9.09. The van der Waals surface area contributed by atoms with E-state index in [1.54, 1.807) is 0 Å². The Balaban J connectivity index is 1.71. The van der Waals surface area contributed by atoms with Crippen LogP contribution in [0.25, 0.3) is 0 Å². The predicted octanol–water partition coefficient (Wildman–Crippen LogP) is 2.03. The fraction of sp³-hybridized carbons (Fsp3) is 0.800. The molecular weight excluding hydrogens is 238 g/mol. The van der Waals surface area contributed by atoms with Gasteiger partial charge in [0.05, 0.1) is 19.3 Å². The molecule has 0 spiro atoms. The number of hydrogen-bond donors (Lipinski definition) is 2. The summed E-state index contributed by atoms with van der Waals surface area (Å²) in [5, 5.41) is 17.4. The van der Waals surface area contributed by atoms with E-state index in [9.17, 15) is 0 Å². The Bertz CT molecular complexity index is 429. The van der Waals surface area contributed by atoms with Gasteiger partial charge in [-0.15, -0.1) is 0 Å². The van der Waals surface area contributed by atoms with Crippen LogP contribution in [-0.2, 0) is 13.0 Å². The highest BCUT2D eigenvalue weighted by Gasteiger charge is 2.28. The number of fused-ring (bicyclic) bond motifs is 1. The topological polar surface area (TPSA) is 50.1 Å². The minimum Gasteiger partial charge on any atom is -0.394 e. The largest absolute Gasteiger partial charge is 0.394 e. The number of aromatic nitrogens is 2. The lowest BCUT2D eigenvalue weighted by atomic mass is 9.92. The molecule has 2 aliphatic rings. The monoisotopic (exact) mass is 263 g/mol. The van der Waals surface area contributed by atoms with Crippen LogP contribution in [0.1, 0.15) is 56.3 Å². The van der Waals surface area contributed by atoms with Crippen molar-refractivity contribution < 1.29 is 5.11 Å². The predicted molar refractivity (Wildman–Crippen MR) is 74.9 cm³/mol. The third kappa shape index (κ3) is 2.70. The van der Waals surface area contributed by atoms with E-state index < -0.39 is 0 Å². The zero-order chi connectivity index (χ0) is 13.2. The summed E-state index contributed by atoms with van der Waals surface area (Å²) in [6.45, 7) is 3.15. The summed E-state index contributed by atoms with van der Waals surface area (Å²) in [6.07, 6.45) is 9.57. The molecular formula is C15H25N3O. The Hall–Kier alpha value is -0.870. The van der Waals surface area contributed by atoms with Crippen LogP contribution in [0.4, 0.5) is 0 Å². The molecule has 1 aromatic rings. The average Bonchev–Trinajstić information content (AvgIpc) is 2.98. The van der Waals surface area contributed by atoms with Gasteiger partial charge in [0.1, 0.15) is 0 Å². The molecule has 1 heterocycles. The molecule has 19 heavy (non-hydrogen) atoms. The molecule has 2 aliphatic carbocycles. The van der Waals surface area contributed by atoms with Gasteiger partial charge in [-0.3, -0.25) is 4.68 Å². The molecule has 4 nitrogen and oxygen atoms in total. The second kappa shape index (κ2) is 5.63. The van der Waals surface area contributed by atoms with E-state index in [2.05, 4.69) is 17.3 Å². The minimum absolute atomic E-state index is 0.173. The molecule has 0 aromatic carbocycles. The molecule has 0 aliphatic heterocycles. The zero-order valence-corrected chi connectivity index (χ0v) is 11.8. The Morgan fingerprint density at radius 3 is 3.05 bits per heavy atom. The normalized spacial score (nSPS) is 30.5. The van der Waals surface area contributed by atoms with Gasteiger partial charge in [-0.25, -0.2) is 0 Å². The molecule has 106 valence electrons. The first-order valence-electron chi connectivity index (χ1n) is 7.69. The second-order valence-corrected chi connectivity index (χ2v) is 6.22. The highest BCUT2D eigenvalue weighted by Crippen LogP contribution is 2.33. The first-order chi connectivity index (χ1) is 9.28. The second-order valence-electron chi connectivity index (χ2n) is 6.22.